The van der Waals surface area contributed by atoms with E-state index >= 15 is 0 Å². The summed E-state index contributed by atoms with van der Waals surface area (Å²) in [4.78, 5) is 23.2. The minimum Gasteiger partial charge on any atom is -0.342 e. The van der Waals surface area contributed by atoms with E-state index < -0.39 is 17.0 Å². The van der Waals surface area contributed by atoms with E-state index in [0.29, 0.717) is 17.3 Å². The van der Waals surface area contributed by atoms with Gasteiger partial charge in [0, 0.05) is 41.0 Å². The monoisotopic (exact) mass is 402 g/mol. The first kappa shape index (κ1) is 18.4. The van der Waals surface area contributed by atoms with Gasteiger partial charge in [-0.25, -0.2) is 0 Å². The van der Waals surface area contributed by atoms with Crippen LogP contribution in [0.1, 0.15) is 16.7 Å². The van der Waals surface area contributed by atoms with Gasteiger partial charge in [0.2, 0.25) is 5.12 Å². The van der Waals surface area contributed by atoms with Crippen molar-refractivity contribution in [2.24, 2.45) is 0 Å². The lowest BCUT2D eigenvalue weighted by atomic mass is 10.1. The molecule has 4 rings (SSSR count). The Balaban J connectivity index is 1.79. The van der Waals surface area contributed by atoms with Crippen LogP contribution in [-0.4, -0.2) is 14.9 Å². The van der Waals surface area contributed by atoms with Gasteiger partial charge < -0.3 is 9.88 Å². The van der Waals surface area contributed by atoms with Gasteiger partial charge in [0.05, 0.1) is 11.3 Å². The molecule has 1 aromatic heterocycles. The van der Waals surface area contributed by atoms with Crippen LogP contribution in [0.5, 0.6) is 0 Å². The number of rotatable bonds is 3. The second-order valence-corrected chi connectivity index (χ2v) is 7.19. The van der Waals surface area contributed by atoms with Gasteiger partial charge in [0.25, 0.3) is 5.24 Å². The molecule has 8 heteroatoms. The molecule has 0 spiro atoms. The summed E-state index contributed by atoms with van der Waals surface area (Å²) in [5.41, 5.74) is 1.01. The quantitative estimate of drug-likeness (QED) is 0.625. The molecule has 2 aromatic carbocycles. The topological polar surface area (TPSA) is 51.1 Å². The van der Waals surface area contributed by atoms with Crippen molar-refractivity contribution in [2.45, 2.75) is 12.7 Å². The predicted molar refractivity (Wildman–Crippen MR) is 102 cm³/mol. The number of benzene rings is 2. The number of fused-ring (bicyclic) bond motifs is 1. The smallest absolute Gasteiger partial charge is 0.342 e. The van der Waals surface area contributed by atoms with Gasteiger partial charge in [0.15, 0.2) is 0 Å². The number of amides is 1. The molecule has 3 aromatic rings. The highest BCUT2D eigenvalue weighted by molar-refractivity contribution is 8.27. The van der Waals surface area contributed by atoms with E-state index in [-0.39, 0.29) is 22.9 Å². The largest absolute Gasteiger partial charge is 0.416 e. The van der Waals surface area contributed by atoms with Crippen molar-refractivity contribution in [3.63, 3.8) is 0 Å². The maximum Gasteiger partial charge on any atom is 0.416 e. The number of halogens is 3. The lowest BCUT2D eigenvalue weighted by Gasteiger charge is -2.13. The highest BCUT2D eigenvalue weighted by Crippen LogP contribution is 2.33. The van der Waals surface area contributed by atoms with E-state index in [4.69, 9.17) is 0 Å². The van der Waals surface area contributed by atoms with E-state index in [1.807, 2.05) is 12.1 Å². The van der Waals surface area contributed by atoms with Crippen molar-refractivity contribution in [3.05, 3.63) is 77.1 Å². The molecule has 0 atom stereocenters. The molecule has 1 saturated heterocycles. The summed E-state index contributed by atoms with van der Waals surface area (Å²) < 4.78 is 41.7. The summed E-state index contributed by atoms with van der Waals surface area (Å²) in [5.74, 6) is 0. The molecule has 0 bridgehead atoms. The van der Waals surface area contributed by atoms with Crippen LogP contribution < -0.4 is 5.32 Å². The Bertz CT molecular complexity index is 1130. The first-order valence-electron chi connectivity index (χ1n) is 8.31. The standard InChI is InChI=1S/C20H13F3N2O2S/c21-20(22,23)15-7-3-1-5-12(15)10-25-11-13(14-6-2-4-8-17(14)25)9-16-18(26)28-19(27)24-16/h1-9,11H,10H2,(H,24,27). The number of nitrogens with zero attached hydrogens (tertiary/aromatic N) is 1. The number of nitrogens with one attached hydrogen (secondary N) is 1. The summed E-state index contributed by atoms with van der Waals surface area (Å²) in [6, 6.07) is 12.7. The van der Waals surface area contributed by atoms with Gasteiger partial charge in [-0.05, 0) is 23.8 Å². The van der Waals surface area contributed by atoms with Crippen molar-refractivity contribution in [2.75, 3.05) is 0 Å². The minimum atomic E-state index is -4.44. The van der Waals surface area contributed by atoms with E-state index in [1.54, 1.807) is 35.0 Å². The molecular formula is C20H13F3N2O2S. The van der Waals surface area contributed by atoms with Gasteiger partial charge >= 0.3 is 6.18 Å². The Labute approximate surface area is 162 Å². The van der Waals surface area contributed by atoms with Gasteiger partial charge in [-0.15, -0.1) is 0 Å². The Morgan fingerprint density at radius 1 is 1.04 bits per heavy atom. The van der Waals surface area contributed by atoms with Crippen LogP contribution in [0.25, 0.3) is 17.0 Å². The van der Waals surface area contributed by atoms with E-state index in [1.165, 1.54) is 12.1 Å². The summed E-state index contributed by atoms with van der Waals surface area (Å²) in [5, 5.41) is 2.43. The summed E-state index contributed by atoms with van der Waals surface area (Å²) >= 11 is 0.578. The zero-order valence-corrected chi connectivity index (χ0v) is 15.1. The molecule has 0 aliphatic carbocycles. The van der Waals surface area contributed by atoms with Crippen molar-refractivity contribution in [1.29, 1.82) is 0 Å². The number of carbonyl (C=O) groups excluding carboxylic acids is 2. The van der Waals surface area contributed by atoms with Crippen molar-refractivity contribution in [1.82, 2.24) is 9.88 Å². The van der Waals surface area contributed by atoms with Crippen molar-refractivity contribution >= 4 is 39.1 Å². The highest BCUT2D eigenvalue weighted by atomic mass is 32.2. The van der Waals surface area contributed by atoms with Crippen LogP contribution in [0.4, 0.5) is 18.0 Å². The van der Waals surface area contributed by atoms with Crippen LogP contribution in [-0.2, 0) is 17.5 Å². The second kappa shape index (κ2) is 6.87. The minimum absolute atomic E-state index is 0.0222. The Morgan fingerprint density at radius 2 is 1.75 bits per heavy atom. The zero-order chi connectivity index (χ0) is 19.9. The van der Waals surface area contributed by atoms with Crippen LogP contribution in [0, 0.1) is 0 Å². The maximum atomic E-state index is 13.3. The lowest BCUT2D eigenvalue weighted by molar-refractivity contribution is -0.138. The number of para-hydroxylation sites is 1. The molecule has 0 radical (unpaired) electrons. The van der Waals surface area contributed by atoms with Crippen LogP contribution >= 0.6 is 11.8 Å². The van der Waals surface area contributed by atoms with E-state index in [9.17, 15) is 22.8 Å². The molecule has 0 saturated carbocycles. The highest BCUT2D eigenvalue weighted by Gasteiger charge is 2.33. The fourth-order valence-corrected chi connectivity index (χ4v) is 3.76. The third kappa shape index (κ3) is 3.43. The molecule has 1 aliphatic rings. The van der Waals surface area contributed by atoms with Crippen LogP contribution in [0.3, 0.4) is 0 Å². The SMILES string of the molecule is O=C1NC(=Cc2cn(Cc3ccccc3C(F)(F)F)c3ccccc23)C(=O)S1. The normalized spacial score (nSPS) is 16.2. The fourth-order valence-electron chi connectivity index (χ4n) is 3.22. The van der Waals surface area contributed by atoms with Gasteiger partial charge in [-0.2, -0.15) is 13.2 Å². The Morgan fingerprint density at radius 3 is 2.46 bits per heavy atom. The van der Waals surface area contributed by atoms with Gasteiger partial charge in [-0.3, -0.25) is 9.59 Å². The Kier molecular flexibility index (Phi) is 4.50. The number of carbonyl (C=O) groups is 2. The van der Waals surface area contributed by atoms with Gasteiger partial charge in [0.1, 0.15) is 0 Å². The zero-order valence-electron chi connectivity index (χ0n) is 14.3. The molecule has 0 unspecified atom stereocenters. The summed E-state index contributed by atoms with van der Waals surface area (Å²) in [6.45, 7) is 0.0222. The maximum absolute atomic E-state index is 13.3. The number of hydrogen-bond donors (Lipinski definition) is 1. The average molecular weight is 402 g/mol. The summed E-state index contributed by atoms with van der Waals surface area (Å²) in [7, 11) is 0. The molecule has 1 N–H and O–H groups in total. The molecule has 1 fully saturated rings. The molecular weight excluding hydrogens is 389 g/mol. The average Bonchev–Trinajstić information content (AvgIpc) is 3.15. The third-order valence-corrected chi connectivity index (χ3v) is 5.12. The molecule has 1 aliphatic heterocycles. The predicted octanol–water partition coefficient (Wildman–Crippen LogP) is 5.03. The fraction of sp³-hybridized carbons (Fsp3) is 0.100. The molecule has 28 heavy (non-hydrogen) atoms. The number of aromatic nitrogens is 1. The van der Waals surface area contributed by atoms with Crippen LogP contribution in [0.15, 0.2) is 60.4 Å². The first-order chi connectivity index (χ1) is 13.3. The van der Waals surface area contributed by atoms with E-state index in [2.05, 4.69) is 5.32 Å². The summed E-state index contributed by atoms with van der Waals surface area (Å²) in [6.07, 6.45) is -1.20. The molecule has 4 nitrogen and oxygen atoms in total. The molecule has 1 amide bonds. The lowest BCUT2D eigenvalue weighted by Crippen LogP contribution is -2.11. The number of hydrogen-bond acceptors (Lipinski definition) is 3. The van der Waals surface area contributed by atoms with Crippen LogP contribution in [0.2, 0.25) is 0 Å². The second-order valence-electron chi connectivity index (χ2n) is 6.24. The Hall–Kier alpha value is -3.00. The van der Waals surface area contributed by atoms with Gasteiger partial charge in [-0.1, -0.05) is 36.4 Å². The number of alkyl halides is 3. The molecule has 2 heterocycles. The van der Waals surface area contributed by atoms with Crippen molar-refractivity contribution in [3.8, 4) is 0 Å². The first-order valence-corrected chi connectivity index (χ1v) is 9.12. The van der Waals surface area contributed by atoms with Crippen molar-refractivity contribution < 1.29 is 22.8 Å². The van der Waals surface area contributed by atoms with E-state index in [0.717, 1.165) is 17.0 Å². The molecule has 142 valence electrons. The third-order valence-electron chi connectivity index (χ3n) is 4.42. The number of thioether (sulfide) groups is 1.